The molecule has 0 radical (unpaired) electrons. The van der Waals surface area contributed by atoms with Crippen LogP contribution in [0, 0.1) is 20.2 Å². The molecular formula is C22H14N2O8. The van der Waals surface area contributed by atoms with Crippen molar-refractivity contribution in [1.29, 1.82) is 0 Å². The van der Waals surface area contributed by atoms with Crippen molar-refractivity contribution in [2.24, 2.45) is 0 Å². The van der Waals surface area contributed by atoms with Crippen molar-refractivity contribution in [3.05, 3.63) is 104 Å². The van der Waals surface area contributed by atoms with Crippen molar-refractivity contribution < 1.29 is 29.6 Å². The highest BCUT2D eigenvalue weighted by Crippen LogP contribution is 2.27. The monoisotopic (exact) mass is 434 g/mol. The average molecular weight is 434 g/mol. The van der Waals surface area contributed by atoms with E-state index < -0.39 is 21.8 Å². The Bertz CT molecular complexity index is 1400. The van der Waals surface area contributed by atoms with E-state index in [0.29, 0.717) is 21.5 Å². The van der Waals surface area contributed by atoms with E-state index in [1.54, 1.807) is 24.3 Å². The van der Waals surface area contributed by atoms with Gasteiger partial charge in [-0.2, -0.15) is 0 Å². The van der Waals surface area contributed by atoms with Gasteiger partial charge in [-0.05, 0) is 41.1 Å². The standard InChI is InChI=1S/2C11H7NO4/c13-11(14)8-4-5-9-7(6-8)2-1-3-10(9)12(15)16;13-11(14)8-5-4-7-2-1-3-10(12(15)16)9(7)6-8/h2*1-6H,(H,13,14). The van der Waals surface area contributed by atoms with Crippen LogP contribution in [0.2, 0.25) is 0 Å². The molecule has 10 nitrogen and oxygen atoms in total. The third-order valence-electron chi connectivity index (χ3n) is 4.60. The van der Waals surface area contributed by atoms with Crippen molar-refractivity contribution in [3.8, 4) is 0 Å². The van der Waals surface area contributed by atoms with Crippen LogP contribution in [0.4, 0.5) is 11.4 Å². The van der Waals surface area contributed by atoms with Crippen LogP contribution in [0.25, 0.3) is 21.5 Å². The zero-order valence-electron chi connectivity index (χ0n) is 16.2. The lowest BCUT2D eigenvalue weighted by molar-refractivity contribution is -0.383. The van der Waals surface area contributed by atoms with E-state index >= 15 is 0 Å². The first kappa shape index (κ1) is 21.8. The van der Waals surface area contributed by atoms with Crippen molar-refractivity contribution in [2.45, 2.75) is 0 Å². The molecule has 10 heteroatoms. The smallest absolute Gasteiger partial charge is 0.335 e. The number of nitrogens with zero attached hydrogens (tertiary/aromatic N) is 2. The van der Waals surface area contributed by atoms with Crippen LogP contribution in [-0.2, 0) is 0 Å². The summed E-state index contributed by atoms with van der Waals surface area (Å²) in [6, 6.07) is 17.7. The molecule has 0 aliphatic heterocycles. The maximum Gasteiger partial charge on any atom is 0.335 e. The summed E-state index contributed by atoms with van der Waals surface area (Å²) in [6.45, 7) is 0. The largest absolute Gasteiger partial charge is 0.478 e. The first-order valence-corrected chi connectivity index (χ1v) is 9.00. The van der Waals surface area contributed by atoms with Gasteiger partial charge in [0.2, 0.25) is 0 Å². The molecule has 0 atom stereocenters. The van der Waals surface area contributed by atoms with Gasteiger partial charge in [-0.3, -0.25) is 20.2 Å². The minimum absolute atomic E-state index is 0.0190. The molecule has 0 unspecified atom stereocenters. The van der Waals surface area contributed by atoms with E-state index in [1.165, 1.54) is 48.5 Å². The Hall–Kier alpha value is -4.86. The minimum Gasteiger partial charge on any atom is -0.478 e. The minimum atomic E-state index is -1.10. The Labute approximate surface area is 179 Å². The number of nitro groups is 2. The van der Waals surface area contributed by atoms with Gasteiger partial charge in [0.05, 0.1) is 31.7 Å². The van der Waals surface area contributed by atoms with E-state index in [2.05, 4.69) is 0 Å². The summed E-state index contributed by atoms with van der Waals surface area (Å²) < 4.78 is 0. The number of carboxylic acid groups (broad SMARTS) is 2. The number of non-ortho nitro benzene ring substituents is 2. The molecule has 0 bridgehead atoms. The first-order chi connectivity index (χ1) is 15.2. The number of carbonyl (C=O) groups is 2. The van der Waals surface area contributed by atoms with E-state index in [4.69, 9.17) is 10.2 Å². The van der Waals surface area contributed by atoms with Crippen molar-refractivity contribution >= 4 is 44.9 Å². The number of aromatic carboxylic acids is 2. The molecule has 2 N–H and O–H groups in total. The summed E-state index contributed by atoms with van der Waals surface area (Å²) >= 11 is 0. The highest BCUT2D eigenvalue weighted by molar-refractivity contribution is 5.98. The van der Waals surface area contributed by atoms with Crippen LogP contribution in [0.5, 0.6) is 0 Å². The van der Waals surface area contributed by atoms with Gasteiger partial charge in [-0.1, -0.05) is 30.3 Å². The van der Waals surface area contributed by atoms with Gasteiger partial charge in [0.25, 0.3) is 11.4 Å². The molecule has 0 saturated heterocycles. The number of hydrogen-bond acceptors (Lipinski definition) is 6. The van der Waals surface area contributed by atoms with Crippen molar-refractivity contribution in [3.63, 3.8) is 0 Å². The highest BCUT2D eigenvalue weighted by Gasteiger charge is 2.14. The van der Waals surface area contributed by atoms with E-state index in [9.17, 15) is 29.8 Å². The first-order valence-electron chi connectivity index (χ1n) is 9.00. The van der Waals surface area contributed by atoms with Gasteiger partial charge in [0.1, 0.15) is 0 Å². The number of nitro benzene ring substituents is 2. The summed E-state index contributed by atoms with van der Waals surface area (Å²) in [5.74, 6) is -2.14. The molecule has 0 heterocycles. The summed E-state index contributed by atoms with van der Waals surface area (Å²) in [5, 5.41) is 41.1. The van der Waals surface area contributed by atoms with Crippen LogP contribution in [0.1, 0.15) is 20.7 Å². The topological polar surface area (TPSA) is 161 Å². The number of rotatable bonds is 4. The fourth-order valence-electron chi connectivity index (χ4n) is 3.11. The molecule has 0 spiro atoms. The SMILES string of the molecule is O=C(O)c1ccc2c([N+](=O)[O-])cccc2c1.O=C(O)c1ccc2cccc([N+](=O)[O-])c2c1. The molecule has 0 aliphatic rings. The van der Waals surface area contributed by atoms with Crippen molar-refractivity contribution in [1.82, 2.24) is 0 Å². The predicted molar refractivity (Wildman–Crippen MR) is 115 cm³/mol. The zero-order valence-corrected chi connectivity index (χ0v) is 16.2. The van der Waals surface area contributed by atoms with Crippen LogP contribution in [-0.4, -0.2) is 32.0 Å². The molecule has 4 aromatic rings. The lowest BCUT2D eigenvalue weighted by Gasteiger charge is -2.00. The Morgan fingerprint density at radius 1 is 0.625 bits per heavy atom. The average Bonchev–Trinajstić information content (AvgIpc) is 2.77. The Balaban J connectivity index is 0.000000181. The Morgan fingerprint density at radius 2 is 1.12 bits per heavy atom. The Kier molecular flexibility index (Phi) is 6.06. The summed E-state index contributed by atoms with van der Waals surface area (Å²) in [5.41, 5.74) is 0.0600. The molecule has 0 aromatic heterocycles. The molecular weight excluding hydrogens is 420 g/mol. The molecule has 32 heavy (non-hydrogen) atoms. The van der Waals surface area contributed by atoms with Crippen LogP contribution in [0.3, 0.4) is 0 Å². The van der Waals surface area contributed by atoms with E-state index in [1.807, 2.05) is 0 Å². The number of benzene rings is 4. The maximum absolute atomic E-state index is 10.8. The molecule has 160 valence electrons. The van der Waals surface area contributed by atoms with Crippen LogP contribution in [0.15, 0.2) is 72.8 Å². The second-order valence-electron chi connectivity index (χ2n) is 6.55. The van der Waals surface area contributed by atoms with Crippen molar-refractivity contribution in [2.75, 3.05) is 0 Å². The molecule has 4 aromatic carbocycles. The second-order valence-corrected chi connectivity index (χ2v) is 6.55. The molecule has 0 amide bonds. The summed E-state index contributed by atoms with van der Waals surface area (Å²) in [4.78, 5) is 42.0. The Morgan fingerprint density at radius 3 is 1.69 bits per heavy atom. The van der Waals surface area contributed by atoms with Gasteiger partial charge in [-0.25, -0.2) is 9.59 Å². The number of hydrogen-bond donors (Lipinski definition) is 2. The number of fused-ring (bicyclic) bond motifs is 2. The highest BCUT2D eigenvalue weighted by atomic mass is 16.6. The zero-order chi connectivity index (χ0) is 23.4. The third kappa shape index (κ3) is 4.49. The molecule has 4 rings (SSSR count). The fourth-order valence-corrected chi connectivity index (χ4v) is 3.11. The maximum atomic E-state index is 10.8. The van der Waals surface area contributed by atoms with Gasteiger partial charge in [0.15, 0.2) is 0 Å². The van der Waals surface area contributed by atoms with E-state index in [-0.39, 0.29) is 22.5 Å². The normalized spacial score (nSPS) is 10.2. The summed E-state index contributed by atoms with van der Waals surface area (Å²) in [7, 11) is 0. The van der Waals surface area contributed by atoms with Crippen LogP contribution >= 0.6 is 0 Å². The second kappa shape index (κ2) is 8.88. The molecule has 0 saturated carbocycles. The van der Waals surface area contributed by atoms with Gasteiger partial charge in [0, 0.05) is 12.1 Å². The molecule has 0 fully saturated rings. The van der Waals surface area contributed by atoms with Crippen LogP contribution < -0.4 is 0 Å². The van der Waals surface area contributed by atoms with Gasteiger partial charge < -0.3 is 10.2 Å². The lowest BCUT2D eigenvalue weighted by atomic mass is 10.1. The van der Waals surface area contributed by atoms with Gasteiger partial charge >= 0.3 is 11.9 Å². The van der Waals surface area contributed by atoms with Gasteiger partial charge in [-0.15, -0.1) is 0 Å². The summed E-state index contributed by atoms with van der Waals surface area (Å²) in [6.07, 6.45) is 0. The predicted octanol–water partition coefficient (Wildman–Crippen LogP) is 4.89. The number of carboxylic acids is 2. The lowest BCUT2D eigenvalue weighted by Crippen LogP contribution is -1.96. The van der Waals surface area contributed by atoms with E-state index in [0.717, 1.165) is 0 Å². The third-order valence-corrected chi connectivity index (χ3v) is 4.60. The quantitative estimate of drug-likeness (QED) is 0.339. The fraction of sp³-hybridized carbons (Fsp3) is 0. The molecule has 0 aliphatic carbocycles.